The van der Waals surface area contributed by atoms with Crippen LogP contribution in [0.5, 0.6) is 5.75 Å². The lowest BCUT2D eigenvalue weighted by atomic mass is 9.90. The van der Waals surface area contributed by atoms with Crippen LogP contribution in [0.15, 0.2) is 94.9 Å². The van der Waals surface area contributed by atoms with E-state index in [0.717, 1.165) is 23.4 Å². The van der Waals surface area contributed by atoms with Crippen LogP contribution in [0.2, 0.25) is 0 Å². The number of aromatic hydroxyl groups is 1. The number of nitrogens with one attached hydrogen (secondary N) is 1. The molecule has 2 N–H and O–H groups in total. The van der Waals surface area contributed by atoms with Crippen LogP contribution >= 0.6 is 0 Å². The zero-order valence-corrected chi connectivity index (χ0v) is 23.7. The SMILES string of the molecule is O=C(NC1CCC(n2c(=O)c3cc(F)cnc3n(-c3cccc(-c4ccc(O)cc4)c3)c2=O)CC1)c1cn2cc(F)ccc2n1. The van der Waals surface area contributed by atoms with Gasteiger partial charge >= 0.3 is 5.69 Å². The average Bonchev–Trinajstić information content (AvgIpc) is 3.46. The van der Waals surface area contributed by atoms with Crippen LogP contribution in [-0.2, 0) is 0 Å². The lowest BCUT2D eigenvalue weighted by Crippen LogP contribution is -2.45. The molecule has 0 unspecified atom stereocenters. The topological polar surface area (TPSA) is 124 Å². The summed E-state index contributed by atoms with van der Waals surface area (Å²) in [5.74, 6) is -1.42. The molecule has 4 aromatic heterocycles. The van der Waals surface area contributed by atoms with Gasteiger partial charge in [0, 0.05) is 24.5 Å². The number of hydrogen-bond donors (Lipinski definition) is 2. The number of rotatable bonds is 5. The van der Waals surface area contributed by atoms with Gasteiger partial charge < -0.3 is 14.8 Å². The van der Waals surface area contributed by atoms with E-state index >= 15 is 0 Å². The number of pyridine rings is 2. The first-order valence-corrected chi connectivity index (χ1v) is 14.4. The van der Waals surface area contributed by atoms with Crippen LogP contribution in [0.1, 0.15) is 42.2 Å². The standard InChI is InChI=1S/C33H26F2N6O4/c34-21-6-13-29-38-28(18-39(29)17-21)31(43)37-23-7-9-24(10-8-23)41-32(44)27-15-22(35)16-36-30(27)40(33(41)45)25-3-1-2-20(14-25)19-4-11-26(42)12-5-19/h1-6,11-18,23-24,42H,7-10H2,(H,37,43). The maximum Gasteiger partial charge on any atom is 0.337 e. The molecule has 45 heavy (non-hydrogen) atoms. The Hall–Kier alpha value is -5.65. The molecule has 0 spiro atoms. The van der Waals surface area contributed by atoms with Gasteiger partial charge in [0.2, 0.25) is 0 Å². The van der Waals surface area contributed by atoms with Crippen molar-refractivity contribution in [3.63, 3.8) is 0 Å². The Morgan fingerprint density at radius 3 is 2.44 bits per heavy atom. The number of hydrogen-bond acceptors (Lipinski definition) is 6. The van der Waals surface area contributed by atoms with Crippen molar-refractivity contribution in [3.8, 4) is 22.6 Å². The highest BCUT2D eigenvalue weighted by Crippen LogP contribution is 2.29. The predicted molar refractivity (Wildman–Crippen MR) is 163 cm³/mol. The van der Waals surface area contributed by atoms with Gasteiger partial charge in [-0.05, 0) is 79.3 Å². The minimum atomic E-state index is -0.699. The van der Waals surface area contributed by atoms with Crippen molar-refractivity contribution in [1.29, 1.82) is 0 Å². The van der Waals surface area contributed by atoms with Crippen molar-refractivity contribution in [3.05, 3.63) is 123 Å². The van der Waals surface area contributed by atoms with E-state index in [0.29, 0.717) is 37.0 Å². The second kappa shape index (κ2) is 11.1. The van der Waals surface area contributed by atoms with Gasteiger partial charge in [-0.2, -0.15) is 0 Å². The third kappa shape index (κ3) is 5.24. The number of fused-ring (bicyclic) bond motifs is 2. The van der Waals surface area contributed by atoms with E-state index in [1.165, 1.54) is 38.1 Å². The van der Waals surface area contributed by atoms with Gasteiger partial charge in [-0.25, -0.2) is 28.1 Å². The van der Waals surface area contributed by atoms with E-state index in [2.05, 4.69) is 15.3 Å². The van der Waals surface area contributed by atoms with E-state index in [1.54, 1.807) is 42.5 Å². The van der Waals surface area contributed by atoms with Crippen molar-refractivity contribution in [2.45, 2.75) is 37.8 Å². The highest BCUT2D eigenvalue weighted by molar-refractivity contribution is 5.93. The summed E-state index contributed by atoms with van der Waals surface area (Å²) in [5, 5.41) is 12.6. The summed E-state index contributed by atoms with van der Waals surface area (Å²) in [6.45, 7) is 0. The monoisotopic (exact) mass is 608 g/mol. The first-order chi connectivity index (χ1) is 21.7. The van der Waals surface area contributed by atoms with E-state index in [9.17, 15) is 28.3 Å². The number of nitrogens with zero attached hydrogens (tertiary/aromatic N) is 5. The van der Waals surface area contributed by atoms with Crippen molar-refractivity contribution >= 4 is 22.6 Å². The molecule has 0 atom stereocenters. The molecule has 1 amide bonds. The normalized spacial score (nSPS) is 16.7. The number of imidazole rings is 1. The highest BCUT2D eigenvalue weighted by Gasteiger charge is 2.28. The zero-order valence-electron chi connectivity index (χ0n) is 23.7. The summed E-state index contributed by atoms with van der Waals surface area (Å²) in [7, 11) is 0. The molecular weight excluding hydrogens is 582 g/mol. The van der Waals surface area contributed by atoms with Gasteiger partial charge in [-0.1, -0.05) is 24.3 Å². The number of halogens is 2. The zero-order chi connectivity index (χ0) is 31.2. The molecular formula is C33H26F2N6O4. The van der Waals surface area contributed by atoms with Crippen LogP contribution in [0, 0.1) is 11.6 Å². The fraction of sp³-hybridized carbons (Fsp3) is 0.182. The number of aromatic nitrogens is 5. The molecule has 1 aliphatic rings. The van der Waals surface area contributed by atoms with Gasteiger partial charge in [0.05, 0.1) is 17.3 Å². The van der Waals surface area contributed by atoms with Crippen LogP contribution in [0.25, 0.3) is 33.5 Å². The quantitative estimate of drug-likeness (QED) is 0.291. The number of carbonyl (C=O) groups excluding carboxylic acids is 1. The summed E-state index contributed by atoms with van der Waals surface area (Å²) in [5.41, 5.74) is 1.42. The number of carbonyl (C=O) groups is 1. The average molecular weight is 609 g/mol. The molecule has 10 nitrogen and oxygen atoms in total. The van der Waals surface area contributed by atoms with Crippen LogP contribution in [-0.4, -0.2) is 40.6 Å². The highest BCUT2D eigenvalue weighted by atomic mass is 19.1. The van der Waals surface area contributed by atoms with Gasteiger partial charge in [0.25, 0.3) is 11.5 Å². The van der Waals surface area contributed by atoms with Crippen molar-refractivity contribution < 1.29 is 18.7 Å². The van der Waals surface area contributed by atoms with Crippen LogP contribution in [0.4, 0.5) is 8.78 Å². The molecule has 1 fully saturated rings. The van der Waals surface area contributed by atoms with Gasteiger partial charge in [-0.15, -0.1) is 0 Å². The van der Waals surface area contributed by atoms with Crippen molar-refractivity contribution in [1.82, 2.24) is 28.8 Å². The Labute approximate surface area is 253 Å². The second-order valence-corrected chi connectivity index (χ2v) is 11.1. The molecule has 1 aliphatic carbocycles. The molecule has 6 aromatic rings. The molecule has 0 radical (unpaired) electrons. The molecule has 12 heteroatoms. The molecule has 0 saturated heterocycles. The molecule has 4 heterocycles. The third-order valence-electron chi connectivity index (χ3n) is 8.24. The Bertz CT molecular complexity index is 2220. The summed E-state index contributed by atoms with van der Waals surface area (Å²) in [6, 6.07) is 16.8. The largest absolute Gasteiger partial charge is 0.508 e. The molecule has 0 aliphatic heterocycles. The lowest BCUT2D eigenvalue weighted by molar-refractivity contribution is 0.0917. The fourth-order valence-electron chi connectivity index (χ4n) is 6.03. The van der Waals surface area contributed by atoms with Gasteiger partial charge in [0.15, 0.2) is 5.65 Å². The van der Waals surface area contributed by atoms with E-state index in [4.69, 9.17) is 0 Å². The predicted octanol–water partition coefficient (Wildman–Crippen LogP) is 4.76. The Kier molecular flexibility index (Phi) is 6.96. The molecule has 7 rings (SSSR count). The van der Waals surface area contributed by atoms with Crippen molar-refractivity contribution in [2.75, 3.05) is 0 Å². The summed E-state index contributed by atoms with van der Waals surface area (Å²) in [4.78, 5) is 49.1. The van der Waals surface area contributed by atoms with E-state index < -0.39 is 34.8 Å². The van der Waals surface area contributed by atoms with E-state index in [1.807, 2.05) is 6.07 Å². The molecule has 0 bridgehead atoms. The first-order valence-electron chi connectivity index (χ1n) is 14.4. The van der Waals surface area contributed by atoms with Gasteiger partial charge in [0.1, 0.15) is 28.7 Å². The van der Waals surface area contributed by atoms with Crippen LogP contribution < -0.4 is 16.6 Å². The minimum absolute atomic E-state index is 0.0247. The maximum absolute atomic E-state index is 14.4. The Morgan fingerprint density at radius 2 is 1.67 bits per heavy atom. The fourth-order valence-corrected chi connectivity index (χ4v) is 6.03. The second-order valence-electron chi connectivity index (χ2n) is 11.1. The number of phenolic OH excluding ortho intramolecular Hbond substituents is 1. The molecule has 2 aromatic carbocycles. The number of phenols is 1. The Balaban J connectivity index is 1.19. The third-order valence-corrected chi connectivity index (χ3v) is 8.24. The first kappa shape index (κ1) is 28.1. The lowest BCUT2D eigenvalue weighted by Gasteiger charge is -2.30. The Morgan fingerprint density at radius 1 is 0.889 bits per heavy atom. The molecule has 1 saturated carbocycles. The number of benzene rings is 2. The van der Waals surface area contributed by atoms with E-state index in [-0.39, 0.29) is 28.5 Å². The van der Waals surface area contributed by atoms with Crippen molar-refractivity contribution in [2.24, 2.45) is 0 Å². The number of amides is 1. The maximum atomic E-state index is 14.4. The summed E-state index contributed by atoms with van der Waals surface area (Å²) >= 11 is 0. The van der Waals surface area contributed by atoms with Gasteiger partial charge in [-0.3, -0.25) is 14.2 Å². The molecule has 226 valence electrons. The smallest absolute Gasteiger partial charge is 0.337 e. The minimum Gasteiger partial charge on any atom is -0.508 e. The summed E-state index contributed by atoms with van der Waals surface area (Å²) in [6.07, 6.45) is 5.47. The van der Waals surface area contributed by atoms with Crippen LogP contribution in [0.3, 0.4) is 0 Å². The summed E-state index contributed by atoms with van der Waals surface area (Å²) < 4.78 is 31.8.